The number of amidine groups is 1. The minimum Gasteiger partial charge on any atom is -0.497 e. The molecule has 1 aliphatic rings. The third kappa shape index (κ3) is 2.91. The third-order valence-electron chi connectivity index (χ3n) is 3.39. The Kier molecular flexibility index (Phi) is 3.74. The molecule has 0 aromatic heterocycles. The van der Waals surface area contributed by atoms with Crippen molar-refractivity contribution in [2.24, 2.45) is 4.99 Å². The Labute approximate surface area is 129 Å². The number of ether oxygens (including phenoxy) is 1. The van der Waals surface area contributed by atoms with E-state index in [-0.39, 0.29) is 5.91 Å². The molecule has 4 heteroatoms. The predicted molar refractivity (Wildman–Crippen MR) is 86.8 cm³/mol. The van der Waals surface area contributed by atoms with Gasteiger partial charge in [-0.25, -0.2) is 4.99 Å². The first kappa shape index (κ1) is 14.1. The van der Waals surface area contributed by atoms with Crippen molar-refractivity contribution in [1.82, 2.24) is 5.32 Å². The first-order valence-electron chi connectivity index (χ1n) is 6.98. The zero-order valence-electron chi connectivity index (χ0n) is 12.5. The lowest BCUT2D eigenvalue weighted by molar-refractivity contribution is -0.115. The highest BCUT2D eigenvalue weighted by Crippen LogP contribution is 2.18. The van der Waals surface area contributed by atoms with Crippen LogP contribution in [0.1, 0.15) is 16.7 Å². The molecule has 1 amide bonds. The molecule has 0 radical (unpaired) electrons. The number of aryl methyl sites for hydroxylation is 1. The van der Waals surface area contributed by atoms with Crippen LogP contribution in [0.2, 0.25) is 0 Å². The average molecular weight is 292 g/mol. The fraction of sp³-hybridized carbons (Fsp3) is 0.111. The van der Waals surface area contributed by atoms with Crippen LogP contribution in [0, 0.1) is 6.92 Å². The molecular weight excluding hydrogens is 276 g/mol. The molecule has 0 saturated carbocycles. The van der Waals surface area contributed by atoms with Crippen LogP contribution in [0.4, 0.5) is 0 Å². The molecule has 0 fully saturated rings. The van der Waals surface area contributed by atoms with E-state index in [0.717, 1.165) is 22.4 Å². The Morgan fingerprint density at radius 1 is 1.14 bits per heavy atom. The van der Waals surface area contributed by atoms with Gasteiger partial charge in [0.25, 0.3) is 5.91 Å². The fourth-order valence-electron chi connectivity index (χ4n) is 2.29. The zero-order chi connectivity index (χ0) is 15.5. The molecular formula is C18H16N2O2. The van der Waals surface area contributed by atoms with E-state index >= 15 is 0 Å². The van der Waals surface area contributed by atoms with Gasteiger partial charge in [0.2, 0.25) is 0 Å². The van der Waals surface area contributed by atoms with Gasteiger partial charge in [-0.2, -0.15) is 0 Å². The van der Waals surface area contributed by atoms with Crippen LogP contribution in [0.25, 0.3) is 6.08 Å². The monoisotopic (exact) mass is 292 g/mol. The maximum absolute atomic E-state index is 12.1. The van der Waals surface area contributed by atoms with E-state index in [0.29, 0.717) is 11.5 Å². The SMILES string of the molecule is COc1cccc(C2=N/C(=C/c3cccc(C)c3)C(=O)N2)c1. The summed E-state index contributed by atoms with van der Waals surface area (Å²) >= 11 is 0. The highest BCUT2D eigenvalue weighted by molar-refractivity contribution is 6.19. The Hall–Kier alpha value is -2.88. The average Bonchev–Trinajstić information content (AvgIpc) is 2.88. The second-order valence-electron chi connectivity index (χ2n) is 5.09. The van der Waals surface area contributed by atoms with Gasteiger partial charge in [0.05, 0.1) is 7.11 Å². The van der Waals surface area contributed by atoms with Crippen LogP contribution in [0.15, 0.2) is 59.2 Å². The van der Waals surface area contributed by atoms with Crippen LogP contribution in [-0.4, -0.2) is 18.9 Å². The van der Waals surface area contributed by atoms with Crippen molar-refractivity contribution in [3.05, 3.63) is 70.9 Å². The Bertz CT molecular complexity index is 791. The van der Waals surface area contributed by atoms with E-state index < -0.39 is 0 Å². The number of hydrogen-bond donors (Lipinski definition) is 1. The largest absolute Gasteiger partial charge is 0.497 e. The highest BCUT2D eigenvalue weighted by atomic mass is 16.5. The zero-order valence-corrected chi connectivity index (χ0v) is 12.5. The third-order valence-corrected chi connectivity index (χ3v) is 3.39. The number of nitrogens with zero attached hydrogens (tertiary/aromatic N) is 1. The summed E-state index contributed by atoms with van der Waals surface area (Å²) in [4.78, 5) is 16.5. The Morgan fingerprint density at radius 2 is 1.95 bits per heavy atom. The number of carbonyl (C=O) groups is 1. The Balaban J connectivity index is 1.94. The molecule has 2 aromatic carbocycles. The summed E-state index contributed by atoms with van der Waals surface area (Å²) in [7, 11) is 1.61. The van der Waals surface area contributed by atoms with Crippen LogP contribution in [-0.2, 0) is 4.79 Å². The first-order chi connectivity index (χ1) is 10.7. The minimum atomic E-state index is -0.195. The van der Waals surface area contributed by atoms with Crippen molar-refractivity contribution in [2.45, 2.75) is 6.92 Å². The van der Waals surface area contributed by atoms with Crippen molar-refractivity contribution in [1.29, 1.82) is 0 Å². The molecule has 1 heterocycles. The van der Waals surface area contributed by atoms with Crippen molar-refractivity contribution >= 4 is 17.8 Å². The number of nitrogens with one attached hydrogen (secondary N) is 1. The topological polar surface area (TPSA) is 50.7 Å². The van der Waals surface area contributed by atoms with Gasteiger partial charge >= 0.3 is 0 Å². The molecule has 0 aliphatic carbocycles. The second kappa shape index (κ2) is 5.85. The lowest BCUT2D eigenvalue weighted by Gasteiger charge is -2.03. The van der Waals surface area contributed by atoms with Gasteiger partial charge in [-0.05, 0) is 30.7 Å². The summed E-state index contributed by atoms with van der Waals surface area (Å²) in [6, 6.07) is 15.4. The summed E-state index contributed by atoms with van der Waals surface area (Å²) in [6.07, 6.45) is 1.79. The van der Waals surface area contributed by atoms with Crippen molar-refractivity contribution < 1.29 is 9.53 Å². The number of carbonyl (C=O) groups excluding carboxylic acids is 1. The quantitative estimate of drug-likeness (QED) is 0.884. The number of methoxy groups -OCH3 is 1. The van der Waals surface area contributed by atoms with Crippen LogP contribution in [0.5, 0.6) is 5.75 Å². The molecule has 2 aromatic rings. The molecule has 0 unspecified atom stereocenters. The second-order valence-corrected chi connectivity index (χ2v) is 5.09. The predicted octanol–water partition coefficient (Wildman–Crippen LogP) is 2.92. The van der Waals surface area contributed by atoms with Crippen LogP contribution in [0.3, 0.4) is 0 Å². The number of benzene rings is 2. The van der Waals surface area contributed by atoms with Gasteiger partial charge in [0.15, 0.2) is 0 Å². The molecule has 0 saturated heterocycles. The van der Waals surface area contributed by atoms with E-state index in [1.807, 2.05) is 55.5 Å². The minimum absolute atomic E-state index is 0.195. The van der Waals surface area contributed by atoms with E-state index in [9.17, 15) is 4.79 Å². The number of rotatable bonds is 3. The summed E-state index contributed by atoms with van der Waals surface area (Å²) in [5.41, 5.74) is 3.33. The molecule has 0 bridgehead atoms. The standard InChI is InChI=1S/C18H16N2O2/c1-12-5-3-6-13(9-12)10-16-18(21)20-17(19-16)14-7-4-8-15(11-14)22-2/h3-11H,1-2H3,(H,19,20,21)/b16-10+. The molecule has 0 atom stereocenters. The van der Waals surface area contributed by atoms with Crippen LogP contribution >= 0.6 is 0 Å². The lowest BCUT2D eigenvalue weighted by Crippen LogP contribution is -2.24. The van der Waals surface area contributed by atoms with E-state index in [4.69, 9.17) is 4.74 Å². The summed E-state index contributed by atoms with van der Waals surface area (Å²) < 4.78 is 5.19. The number of aliphatic imine (C=N–C) groups is 1. The summed E-state index contributed by atoms with van der Waals surface area (Å²) in [5.74, 6) is 1.08. The van der Waals surface area contributed by atoms with Gasteiger partial charge < -0.3 is 10.1 Å². The molecule has 1 N–H and O–H groups in total. The van der Waals surface area contributed by atoms with Gasteiger partial charge in [0, 0.05) is 5.56 Å². The molecule has 3 rings (SSSR count). The maximum Gasteiger partial charge on any atom is 0.275 e. The first-order valence-corrected chi connectivity index (χ1v) is 6.98. The lowest BCUT2D eigenvalue weighted by atomic mass is 10.1. The summed E-state index contributed by atoms with van der Waals surface area (Å²) in [6.45, 7) is 2.02. The number of hydrogen-bond acceptors (Lipinski definition) is 3. The Morgan fingerprint density at radius 3 is 2.73 bits per heavy atom. The fourth-order valence-corrected chi connectivity index (χ4v) is 2.29. The number of amides is 1. The molecule has 1 aliphatic heterocycles. The van der Waals surface area contributed by atoms with Gasteiger partial charge in [-0.3, -0.25) is 4.79 Å². The van der Waals surface area contributed by atoms with Gasteiger partial charge in [0.1, 0.15) is 17.3 Å². The van der Waals surface area contributed by atoms with Gasteiger partial charge in [-0.1, -0.05) is 42.0 Å². The smallest absolute Gasteiger partial charge is 0.275 e. The van der Waals surface area contributed by atoms with Crippen molar-refractivity contribution in [3.8, 4) is 5.75 Å². The molecule has 4 nitrogen and oxygen atoms in total. The highest BCUT2D eigenvalue weighted by Gasteiger charge is 2.21. The van der Waals surface area contributed by atoms with Crippen molar-refractivity contribution in [3.63, 3.8) is 0 Å². The normalized spacial score (nSPS) is 15.6. The molecule has 0 spiro atoms. The summed E-state index contributed by atoms with van der Waals surface area (Å²) in [5, 5.41) is 2.79. The molecule has 22 heavy (non-hydrogen) atoms. The van der Waals surface area contributed by atoms with E-state index in [1.54, 1.807) is 13.2 Å². The molecule has 110 valence electrons. The van der Waals surface area contributed by atoms with E-state index in [2.05, 4.69) is 10.3 Å². The van der Waals surface area contributed by atoms with E-state index in [1.165, 1.54) is 0 Å². The van der Waals surface area contributed by atoms with Gasteiger partial charge in [-0.15, -0.1) is 0 Å². The maximum atomic E-state index is 12.1. The van der Waals surface area contributed by atoms with Crippen LogP contribution < -0.4 is 10.1 Å². The van der Waals surface area contributed by atoms with Crippen molar-refractivity contribution in [2.75, 3.05) is 7.11 Å².